The summed E-state index contributed by atoms with van der Waals surface area (Å²) in [4.78, 5) is 27.8. The second kappa shape index (κ2) is 20.5. The summed E-state index contributed by atoms with van der Waals surface area (Å²) in [6.45, 7) is 8.41. The lowest BCUT2D eigenvalue weighted by molar-refractivity contribution is 0.0270. The van der Waals surface area contributed by atoms with Gasteiger partial charge in [0.1, 0.15) is 0 Å². The van der Waals surface area contributed by atoms with Gasteiger partial charge in [0.05, 0.1) is 23.4 Å². The molecule has 0 bridgehead atoms. The van der Waals surface area contributed by atoms with E-state index in [2.05, 4.69) is 69.0 Å². The SMILES string of the molecule is C.C.CCc1cc(Nc2c(C(=O)NOCC3CC3)ccc(F)c2F)c(C)cc1I.Cc1cc(I)c(C)cc1N.O=C(O)c1ccc(F)c(F)c1F. The quantitative estimate of drug-likeness (QED) is 0.0460. The summed E-state index contributed by atoms with van der Waals surface area (Å²) in [6, 6.07) is 11.4. The van der Waals surface area contributed by atoms with E-state index in [1.165, 1.54) is 15.2 Å². The van der Waals surface area contributed by atoms with Gasteiger partial charge >= 0.3 is 5.97 Å². The lowest BCUT2D eigenvalue weighted by Gasteiger charge is -2.16. The molecule has 0 saturated heterocycles. The number of carbonyl (C=O) groups excluding carboxylic acids is 1. The van der Waals surface area contributed by atoms with Crippen LogP contribution in [0.4, 0.5) is 39.0 Å². The Hall–Kier alpha value is -3.51. The average molecular weight is 942 g/mol. The number of carbonyl (C=O) groups is 2. The maximum absolute atomic E-state index is 14.5. The number of hydroxylamine groups is 1. The number of halogens is 7. The Balaban J connectivity index is 0.000000449. The Morgan fingerprint density at radius 1 is 0.824 bits per heavy atom. The molecule has 1 fully saturated rings. The van der Waals surface area contributed by atoms with Crippen LogP contribution in [0.5, 0.6) is 0 Å². The normalized spacial score (nSPS) is 11.4. The highest BCUT2D eigenvalue weighted by atomic mass is 127. The van der Waals surface area contributed by atoms with Gasteiger partial charge < -0.3 is 16.2 Å². The summed E-state index contributed by atoms with van der Waals surface area (Å²) in [5.41, 5.74) is 12.8. The number of amides is 1. The van der Waals surface area contributed by atoms with E-state index in [0.717, 1.165) is 51.3 Å². The van der Waals surface area contributed by atoms with Crippen LogP contribution in [0.25, 0.3) is 0 Å². The second-order valence-corrected chi connectivity index (χ2v) is 13.5. The predicted molar refractivity (Wildman–Crippen MR) is 209 cm³/mol. The molecule has 0 unspecified atom stereocenters. The number of hydrogen-bond acceptors (Lipinski definition) is 5. The highest BCUT2D eigenvalue weighted by Gasteiger charge is 2.24. The minimum absolute atomic E-state index is 0. The minimum Gasteiger partial charge on any atom is -0.478 e. The third-order valence-electron chi connectivity index (χ3n) is 7.37. The summed E-state index contributed by atoms with van der Waals surface area (Å²) in [6.07, 6.45) is 2.97. The lowest BCUT2D eigenvalue weighted by atomic mass is 10.1. The van der Waals surface area contributed by atoms with Crippen LogP contribution >= 0.6 is 45.2 Å². The first kappa shape index (κ1) is 45.5. The van der Waals surface area contributed by atoms with Gasteiger partial charge in [0.2, 0.25) is 0 Å². The molecule has 1 saturated carbocycles. The number of nitrogens with two attached hydrogens (primary N) is 1. The Morgan fingerprint density at radius 3 is 1.94 bits per heavy atom. The van der Waals surface area contributed by atoms with Gasteiger partial charge in [-0.3, -0.25) is 9.63 Å². The first-order chi connectivity index (χ1) is 23.0. The van der Waals surface area contributed by atoms with Crippen molar-refractivity contribution in [2.45, 2.75) is 61.8 Å². The van der Waals surface area contributed by atoms with Gasteiger partial charge in [-0.1, -0.05) is 21.8 Å². The van der Waals surface area contributed by atoms with Gasteiger partial charge in [0.25, 0.3) is 5.91 Å². The van der Waals surface area contributed by atoms with Crippen LogP contribution in [0.15, 0.2) is 48.5 Å². The summed E-state index contributed by atoms with van der Waals surface area (Å²) in [7, 11) is 0. The van der Waals surface area contributed by atoms with Gasteiger partial charge in [-0.15, -0.1) is 0 Å². The summed E-state index contributed by atoms with van der Waals surface area (Å²) < 4.78 is 67.8. The van der Waals surface area contributed by atoms with Crippen LogP contribution in [0, 0.1) is 62.9 Å². The van der Waals surface area contributed by atoms with E-state index in [4.69, 9.17) is 15.7 Å². The topological polar surface area (TPSA) is 114 Å². The molecule has 0 aromatic heterocycles. The largest absolute Gasteiger partial charge is 0.478 e. The number of aryl methyl sites for hydroxylation is 4. The van der Waals surface area contributed by atoms with Crippen molar-refractivity contribution in [1.29, 1.82) is 0 Å². The molecule has 0 atom stereocenters. The fraction of sp³-hybridized carbons (Fsp3) is 0.297. The van der Waals surface area contributed by atoms with E-state index in [1.54, 1.807) is 0 Å². The van der Waals surface area contributed by atoms with E-state index < -0.39 is 46.5 Å². The molecule has 4 aromatic rings. The Labute approximate surface area is 322 Å². The molecule has 278 valence electrons. The fourth-order valence-electron chi connectivity index (χ4n) is 4.18. The van der Waals surface area contributed by atoms with Crippen molar-refractivity contribution in [2.24, 2.45) is 5.92 Å². The van der Waals surface area contributed by atoms with Crippen molar-refractivity contribution in [1.82, 2.24) is 5.48 Å². The number of hydrogen-bond donors (Lipinski definition) is 4. The first-order valence-electron chi connectivity index (χ1n) is 14.9. The number of anilines is 3. The van der Waals surface area contributed by atoms with Crippen LogP contribution in [0.3, 0.4) is 0 Å². The maximum atomic E-state index is 14.5. The third kappa shape index (κ3) is 12.6. The number of benzene rings is 4. The van der Waals surface area contributed by atoms with Crippen molar-refractivity contribution in [2.75, 3.05) is 17.7 Å². The van der Waals surface area contributed by atoms with E-state index in [1.807, 2.05) is 39.0 Å². The molecular formula is C37H42F5I2N3O4. The van der Waals surface area contributed by atoms with Crippen molar-refractivity contribution in [3.63, 3.8) is 0 Å². The first-order valence-corrected chi connectivity index (χ1v) is 17.1. The molecule has 0 radical (unpaired) electrons. The Bertz CT molecular complexity index is 1810. The average Bonchev–Trinajstić information content (AvgIpc) is 3.87. The Morgan fingerprint density at radius 2 is 1.39 bits per heavy atom. The molecule has 0 aliphatic heterocycles. The Kier molecular flexibility index (Phi) is 18.3. The molecule has 51 heavy (non-hydrogen) atoms. The molecule has 1 amide bonds. The predicted octanol–water partition coefficient (Wildman–Crippen LogP) is 10.8. The van der Waals surface area contributed by atoms with Gasteiger partial charge in [-0.2, -0.15) is 0 Å². The zero-order valence-corrected chi connectivity index (χ0v) is 31.2. The lowest BCUT2D eigenvalue weighted by Crippen LogP contribution is -2.26. The number of nitrogen functional groups attached to an aromatic ring is 1. The van der Waals surface area contributed by atoms with Crippen LogP contribution in [-0.4, -0.2) is 23.6 Å². The number of carboxylic acids is 1. The van der Waals surface area contributed by atoms with Crippen LogP contribution in [0.1, 0.15) is 77.6 Å². The van der Waals surface area contributed by atoms with E-state index in [0.29, 0.717) is 30.3 Å². The molecular weight excluding hydrogens is 899 g/mol. The highest BCUT2D eigenvalue weighted by Crippen LogP contribution is 2.31. The zero-order chi connectivity index (χ0) is 36.6. The van der Waals surface area contributed by atoms with Crippen LogP contribution < -0.4 is 16.5 Å². The number of nitrogens with one attached hydrogen (secondary N) is 2. The van der Waals surface area contributed by atoms with Crippen LogP contribution in [0.2, 0.25) is 0 Å². The molecule has 7 nitrogen and oxygen atoms in total. The summed E-state index contributed by atoms with van der Waals surface area (Å²) in [5, 5.41) is 11.2. The van der Waals surface area contributed by atoms with E-state index >= 15 is 0 Å². The van der Waals surface area contributed by atoms with Crippen molar-refractivity contribution >= 4 is 74.1 Å². The standard InChI is InChI=1S/C20H21F2IN2O2.C8H10IN.C7H3F3O2.2CH4/c1-3-13-9-17(11(2)8-16(13)23)24-19-14(6-7-15(21)18(19)22)20(26)25-27-10-12-4-5-12;1-5-4-8(10)6(2)3-7(5)9;8-4-2-1-3(7(11)12)5(9)6(4)10;;/h6-9,12,24H,3-5,10H2,1-2H3,(H,25,26);3-4H,10H2,1-2H3;1-2H,(H,11,12);2*1H4. The molecule has 14 heteroatoms. The monoisotopic (exact) mass is 941 g/mol. The summed E-state index contributed by atoms with van der Waals surface area (Å²) >= 11 is 4.56. The maximum Gasteiger partial charge on any atom is 0.338 e. The molecule has 1 aliphatic rings. The summed E-state index contributed by atoms with van der Waals surface area (Å²) in [5.74, 6) is -8.75. The molecule has 0 heterocycles. The number of rotatable bonds is 8. The van der Waals surface area contributed by atoms with Crippen molar-refractivity contribution in [3.05, 3.63) is 118 Å². The van der Waals surface area contributed by atoms with Gasteiger partial charge in [-0.05, 0) is 162 Å². The van der Waals surface area contributed by atoms with Gasteiger partial charge in [0, 0.05) is 18.5 Å². The second-order valence-electron chi connectivity index (χ2n) is 11.2. The molecule has 1 aliphatic carbocycles. The highest BCUT2D eigenvalue weighted by molar-refractivity contribution is 14.1. The molecule has 4 aromatic carbocycles. The van der Waals surface area contributed by atoms with E-state index in [9.17, 15) is 31.5 Å². The smallest absolute Gasteiger partial charge is 0.338 e. The zero-order valence-electron chi connectivity index (χ0n) is 26.9. The molecule has 0 spiro atoms. The van der Waals surface area contributed by atoms with Crippen molar-refractivity contribution in [3.8, 4) is 0 Å². The van der Waals surface area contributed by atoms with E-state index in [-0.39, 0.29) is 26.1 Å². The minimum atomic E-state index is -1.77. The van der Waals surface area contributed by atoms with Gasteiger partial charge in [-0.25, -0.2) is 32.2 Å². The van der Waals surface area contributed by atoms with Crippen LogP contribution in [-0.2, 0) is 11.3 Å². The third-order valence-corrected chi connectivity index (χ3v) is 9.53. The molecule has 5 N–H and O–H groups in total. The molecule has 5 rings (SSSR count). The van der Waals surface area contributed by atoms with Crippen molar-refractivity contribution < 1.29 is 41.5 Å². The number of aromatic carboxylic acids is 1. The van der Waals surface area contributed by atoms with Gasteiger partial charge in [0.15, 0.2) is 29.1 Å². The number of carboxylic acid groups (broad SMARTS) is 1. The fourth-order valence-corrected chi connectivity index (χ4v) is 5.81.